The number of aliphatic hydroxyl groups is 1. The van der Waals surface area contributed by atoms with Crippen LogP contribution in [0.15, 0.2) is 12.2 Å². The maximum atomic E-state index is 10.4. The van der Waals surface area contributed by atoms with Crippen molar-refractivity contribution in [3.8, 4) is 6.19 Å². The Balaban J connectivity index is 3.70. The molecule has 0 bridgehead atoms. The third-order valence-electron chi connectivity index (χ3n) is 3.50. The van der Waals surface area contributed by atoms with Crippen molar-refractivity contribution in [3.63, 3.8) is 0 Å². The maximum absolute atomic E-state index is 10.4. The van der Waals surface area contributed by atoms with Gasteiger partial charge in [0.15, 0.2) is 6.19 Å². The Hall–Kier alpha value is -1.54. The quantitative estimate of drug-likeness (QED) is 0.222. The summed E-state index contributed by atoms with van der Waals surface area (Å²) in [6.45, 7) is 3.34. The molecular formula is C17H30N2O3. The highest BCUT2D eigenvalue weighted by atomic mass is 16.4. The van der Waals surface area contributed by atoms with E-state index in [-0.39, 0.29) is 6.42 Å². The van der Waals surface area contributed by atoms with Gasteiger partial charge in [0.2, 0.25) is 0 Å². The van der Waals surface area contributed by atoms with Gasteiger partial charge in [-0.3, -0.25) is 4.79 Å². The predicted octanol–water partition coefficient (Wildman–Crippen LogP) is 3.30. The molecule has 0 aliphatic rings. The zero-order valence-electron chi connectivity index (χ0n) is 13.7. The number of carboxylic acid groups (broad SMARTS) is 1. The van der Waals surface area contributed by atoms with Crippen molar-refractivity contribution in [3.05, 3.63) is 12.2 Å². The van der Waals surface area contributed by atoms with Crippen LogP contribution in [0.25, 0.3) is 0 Å². The Kier molecular flexibility index (Phi) is 13.4. The molecule has 0 heterocycles. The van der Waals surface area contributed by atoms with Crippen LogP contribution >= 0.6 is 0 Å². The van der Waals surface area contributed by atoms with E-state index in [2.05, 4.69) is 13.1 Å². The average Bonchev–Trinajstić information content (AvgIpc) is 2.48. The summed E-state index contributed by atoms with van der Waals surface area (Å²) in [6.07, 6.45) is 13.1. The van der Waals surface area contributed by atoms with E-state index in [0.29, 0.717) is 19.5 Å². The van der Waals surface area contributed by atoms with E-state index in [1.807, 2.05) is 6.08 Å². The van der Waals surface area contributed by atoms with Crippen LogP contribution in [0.5, 0.6) is 0 Å². The highest BCUT2D eigenvalue weighted by Gasteiger charge is 2.02. The number of aliphatic hydroxyl groups excluding tert-OH is 1. The molecule has 0 aliphatic heterocycles. The molecule has 0 spiro atoms. The van der Waals surface area contributed by atoms with E-state index in [0.717, 1.165) is 44.9 Å². The van der Waals surface area contributed by atoms with E-state index < -0.39 is 12.1 Å². The minimum absolute atomic E-state index is 0.223. The van der Waals surface area contributed by atoms with Crippen LogP contribution < -0.4 is 0 Å². The number of hydrogen-bond acceptors (Lipinski definition) is 4. The van der Waals surface area contributed by atoms with Gasteiger partial charge < -0.3 is 15.1 Å². The number of rotatable bonds is 14. The Morgan fingerprint density at radius 1 is 1.23 bits per heavy atom. The Bertz CT molecular complexity index is 350. The largest absolute Gasteiger partial charge is 0.481 e. The molecule has 0 rings (SSSR count). The first kappa shape index (κ1) is 20.5. The fourth-order valence-corrected chi connectivity index (χ4v) is 2.16. The first-order chi connectivity index (χ1) is 10.6. The molecule has 0 aromatic rings. The molecule has 2 N–H and O–H groups in total. The van der Waals surface area contributed by atoms with Crippen molar-refractivity contribution in [2.75, 3.05) is 13.1 Å². The molecule has 5 nitrogen and oxygen atoms in total. The highest BCUT2D eigenvalue weighted by Crippen LogP contribution is 2.06. The normalized spacial score (nSPS) is 12.2. The fourth-order valence-electron chi connectivity index (χ4n) is 2.16. The lowest BCUT2D eigenvalue weighted by atomic mass is 10.1. The highest BCUT2D eigenvalue weighted by molar-refractivity contribution is 5.66. The standard InChI is InChI=1S/C17H30N2O3/c1-2-3-6-10-16(20)11-9-14-19(15-18)13-8-5-4-7-12-17(21)22/h9,11,16,20H,2-8,10,12-14H2,1H3,(H,21,22)/b11-9+. The van der Waals surface area contributed by atoms with Gasteiger partial charge in [-0.2, -0.15) is 5.26 Å². The Morgan fingerprint density at radius 3 is 2.59 bits per heavy atom. The first-order valence-electron chi connectivity index (χ1n) is 8.31. The maximum Gasteiger partial charge on any atom is 0.303 e. The lowest BCUT2D eigenvalue weighted by Gasteiger charge is -2.13. The summed E-state index contributed by atoms with van der Waals surface area (Å²) in [6, 6.07) is 0. The van der Waals surface area contributed by atoms with Crippen LogP contribution in [-0.4, -0.2) is 40.3 Å². The molecule has 1 atom stereocenters. The summed E-state index contributed by atoms with van der Waals surface area (Å²) in [5.74, 6) is -0.749. The van der Waals surface area contributed by atoms with Gasteiger partial charge in [-0.05, 0) is 19.3 Å². The van der Waals surface area contributed by atoms with E-state index in [1.54, 1.807) is 11.0 Å². The molecule has 0 amide bonds. The van der Waals surface area contributed by atoms with Crippen LogP contribution in [-0.2, 0) is 4.79 Å². The number of nitrogens with zero attached hydrogens (tertiary/aromatic N) is 2. The van der Waals surface area contributed by atoms with Gasteiger partial charge in [0.05, 0.1) is 6.10 Å². The summed E-state index contributed by atoms with van der Waals surface area (Å²) in [4.78, 5) is 12.0. The number of unbranched alkanes of at least 4 members (excludes halogenated alkanes) is 5. The van der Waals surface area contributed by atoms with Crippen molar-refractivity contribution >= 4 is 5.97 Å². The number of hydrogen-bond donors (Lipinski definition) is 2. The van der Waals surface area contributed by atoms with Crippen LogP contribution in [0.1, 0.15) is 64.7 Å². The second-order valence-electron chi connectivity index (χ2n) is 5.60. The molecular weight excluding hydrogens is 280 g/mol. The molecule has 1 unspecified atom stereocenters. The van der Waals surface area contributed by atoms with Gasteiger partial charge in [0.1, 0.15) is 0 Å². The van der Waals surface area contributed by atoms with E-state index >= 15 is 0 Å². The predicted molar refractivity (Wildman–Crippen MR) is 87.2 cm³/mol. The molecule has 0 aromatic heterocycles. The molecule has 5 heteroatoms. The van der Waals surface area contributed by atoms with Crippen molar-refractivity contribution in [1.29, 1.82) is 5.26 Å². The second kappa shape index (κ2) is 14.4. The molecule has 0 aromatic carbocycles. The number of aliphatic carboxylic acids is 1. The van der Waals surface area contributed by atoms with Gasteiger partial charge in [0.25, 0.3) is 0 Å². The Labute approximate surface area is 134 Å². The first-order valence-corrected chi connectivity index (χ1v) is 8.31. The van der Waals surface area contributed by atoms with Gasteiger partial charge in [-0.25, -0.2) is 0 Å². The lowest BCUT2D eigenvalue weighted by Crippen LogP contribution is -2.19. The summed E-state index contributed by atoms with van der Waals surface area (Å²) in [7, 11) is 0. The summed E-state index contributed by atoms with van der Waals surface area (Å²) < 4.78 is 0. The molecule has 126 valence electrons. The monoisotopic (exact) mass is 310 g/mol. The SMILES string of the molecule is CCCCCC(O)/C=C/CN(C#N)CCCCCCC(=O)O. The second-order valence-corrected chi connectivity index (χ2v) is 5.60. The van der Waals surface area contributed by atoms with Gasteiger partial charge in [-0.15, -0.1) is 0 Å². The fraction of sp³-hybridized carbons (Fsp3) is 0.765. The van der Waals surface area contributed by atoms with Gasteiger partial charge in [-0.1, -0.05) is 51.2 Å². The molecule has 0 aliphatic carbocycles. The minimum atomic E-state index is -0.749. The lowest BCUT2D eigenvalue weighted by molar-refractivity contribution is -0.137. The van der Waals surface area contributed by atoms with Crippen molar-refractivity contribution in [2.24, 2.45) is 0 Å². The van der Waals surface area contributed by atoms with E-state index in [1.165, 1.54) is 0 Å². The summed E-state index contributed by atoms with van der Waals surface area (Å²) >= 11 is 0. The molecule has 0 saturated heterocycles. The molecule has 0 fully saturated rings. The number of carbonyl (C=O) groups is 1. The Morgan fingerprint density at radius 2 is 1.95 bits per heavy atom. The third kappa shape index (κ3) is 13.4. The molecule has 0 radical (unpaired) electrons. The topological polar surface area (TPSA) is 84.6 Å². The van der Waals surface area contributed by atoms with Crippen LogP contribution in [0.2, 0.25) is 0 Å². The minimum Gasteiger partial charge on any atom is -0.481 e. The third-order valence-corrected chi connectivity index (χ3v) is 3.50. The zero-order valence-corrected chi connectivity index (χ0v) is 13.7. The van der Waals surface area contributed by atoms with Crippen LogP contribution in [0.4, 0.5) is 0 Å². The average molecular weight is 310 g/mol. The van der Waals surface area contributed by atoms with Crippen LogP contribution in [0.3, 0.4) is 0 Å². The van der Waals surface area contributed by atoms with Crippen LogP contribution in [0, 0.1) is 11.5 Å². The molecule has 22 heavy (non-hydrogen) atoms. The van der Waals surface area contributed by atoms with Gasteiger partial charge >= 0.3 is 5.97 Å². The van der Waals surface area contributed by atoms with Gasteiger partial charge in [0, 0.05) is 19.5 Å². The van der Waals surface area contributed by atoms with Crippen molar-refractivity contribution in [1.82, 2.24) is 4.90 Å². The zero-order chi connectivity index (χ0) is 16.6. The smallest absolute Gasteiger partial charge is 0.303 e. The van der Waals surface area contributed by atoms with Crippen molar-refractivity contribution in [2.45, 2.75) is 70.8 Å². The number of carboxylic acids is 1. The molecule has 0 saturated carbocycles. The van der Waals surface area contributed by atoms with E-state index in [9.17, 15) is 9.90 Å². The van der Waals surface area contributed by atoms with E-state index in [4.69, 9.17) is 10.4 Å². The number of nitriles is 1. The summed E-state index contributed by atoms with van der Waals surface area (Å²) in [5, 5.41) is 27.3. The summed E-state index contributed by atoms with van der Waals surface area (Å²) in [5.41, 5.74) is 0. The van der Waals surface area contributed by atoms with Crippen molar-refractivity contribution < 1.29 is 15.0 Å².